The van der Waals surface area contributed by atoms with E-state index in [1.807, 2.05) is 6.07 Å². The Morgan fingerprint density at radius 3 is 3.00 bits per heavy atom. The average Bonchev–Trinajstić information content (AvgIpc) is 3.13. The average molecular weight is 286 g/mol. The molecule has 0 aliphatic carbocycles. The Morgan fingerprint density at radius 2 is 2.24 bits per heavy atom. The number of H-pyrrole nitrogens is 1. The van der Waals surface area contributed by atoms with Gasteiger partial charge in [-0.15, -0.1) is 5.10 Å². The zero-order chi connectivity index (χ0) is 14.5. The van der Waals surface area contributed by atoms with Gasteiger partial charge in [-0.1, -0.05) is 35.4 Å². The van der Waals surface area contributed by atoms with Crippen molar-refractivity contribution in [3.8, 4) is 0 Å². The Balaban J connectivity index is 1.55. The Bertz CT molecular complexity index is 570. The first-order valence-corrected chi connectivity index (χ1v) is 7.12. The molecule has 0 radical (unpaired) electrons. The van der Waals surface area contributed by atoms with Crippen LogP contribution in [0, 0.1) is 0 Å². The fraction of sp³-hybridized carbons (Fsp3) is 0.429. The summed E-state index contributed by atoms with van der Waals surface area (Å²) in [5, 5.41) is 15.8. The largest absolute Gasteiger partial charge is 0.291 e. The molecule has 1 aromatic heterocycles. The molecule has 0 spiro atoms. The molecule has 7 nitrogen and oxygen atoms in total. The molecule has 3 rings (SSSR count). The third-order valence-electron chi connectivity index (χ3n) is 3.76. The van der Waals surface area contributed by atoms with Crippen LogP contribution >= 0.6 is 0 Å². The van der Waals surface area contributed by atoms with Crippen LogP contribution in [0.3, 0.4) is 0 Å². The summed E-state index contributed by atoms with van der Waals surface area (Å²) in [6, 6.07) is 10.8. The second-order valence-corrected chi connectivity index (χ2v) is 5.24. The van der Waals surface area contributed by atoms with E-state index < -0.39 is 0 Å². The van der Waals surface area contributed by atoms with Crippen molar-refractivity contribution >= 4 is 11.9 Å². The van der Waals surface area contributed by atoms with Gasteiger partial charge in [-0.3, -0.25) is 15.0 Å². The van der Waals surface area contributed by atoms with Crippen LogP contribution in [0.4, 0.5) is 5.95 Å². The summed E-state index contributed by atoms with van der Waals surface area (Å²) in [6.07, 6.45) is 3.24. The molecule has 7 heteroatoms. The SMILES string of the molecule is O=C(CN1CCCC1Cc1ccccc1)Nc1nn[nH]n1. The summed E-state index contributed by atoms with van der Waals surface area (Å²) in [6.45, 7) is 1.32. The molecule has 110 valence electrons. The summed E-state index contributed by atoms with van der Waals surface area (Å²) in [4.78, 5) is 14.2. The molecule has 1 fully saturated rings. The lowest BCUT2D eigenvalue weighted by atomic mass is 10.0. The predicted molar refractivity (Wildman–Crippen MR) is 77.5 cm³/mol. The zero-order valence-corrected chi connectivity index (χ0v) is 11.7. The highest BCUT2D eigenvalue weighted by molar-refractivity contribution is 5.90. The second-order valence-electron chi connectivity index (χ2n) is 5.24. The van der Waals surface area contributed by atoms with E-state index in [1.165, 1.54) is 5.56 Å². The van der Waals surface area contributed by atoms with Crippen molar-refractivity contribution in [2.24, 2.45) is 0 Å². The topological polar surface area (TPSA) is 86.8 Å². The van der Waals surface area contributed by atoms with E-state index >= 15 is 0 Å². The number of aromatic nitrogens is 4. The molecule has 1 unspecified atom stereocenters. The van der Waals surface area contributed by atoms with Gasteiger partial charge in [0.15, 0.2) is 0 Å². The zero-order valence-electron chi connectivity index (χ0n) is 11.7. The standard InChI is InChI=1S/C14H18N6O/c21-13(15-14-16-18-19-17-14)10-20-8-4-7-12(20)9-11-5-2-1-3-6-11/h1-3,5-6,12H,4,7-10H2,(H2,15,16,17,18,19,21). The minimum absolute atomic E-state index is 0.101. The van der Waals surface area contributed by atoms with Crippen molar-refractivity contribution in [3.05, 3.63) is 35.9 Å². The van der Waals surface area contributed by atoms with Crippen LogP contribution < -0.4 is 5.32 Å². The molecular formula is C14H18N6O. The first-order chi connectivity index (χ1) is 10.3. The Morgan fingerprint density at radius 1 is 1.38 bits per heavy atom. The number of hydrogen-bond donors (Lipinski definition) is 2. The maximum absolute atomic E-state index is 12.0. The third-order valence-corrected chi connectivity index (χ3v) is 3.76. The molecule has 2 aromatic rings. The molecule has 0 saturated carbocycles. The quantitative estimate of drug-likeness (QED) is 0.850. The van der Waals surface area contributed by atoms with E-state index in [2.05, 4.69) is 55.1 Å². The van der Waals surface area contributed by atoms with E-state index in [0.717, 1.165) is 25.8 Å². The van der Waals surface area contributed by atoms with Gasteiger partial charge in [-0.2, -0.15) is 5.21 Å². The first-order valence-electron chi connectivity index (χ1n) is 7.12. The van der Waals surface area contributed by atoms with Crippen LogP contribution in [-0.4, -0.2) is 50.6 Å². The molecular weight excluding hydrogens is 268 g/mol. The van der Waals surface area contributed by atoms with E-state index in [4.69, 9.17) is 0 Å². The Labute approximate surface area is 122 Å². The van der Waals surface area contributed by atoms with E-state index in [-0.39, 0.29) is 11.9 Å². The molecule has 2 heterocycles. The summed E-state index contributed by atoms with van der Waals surface area (Å²) in [7, 11) is 0. The van der Waals surface area contributed by atoms with Gasteiger partial charge in [0.1, 0.15) is 0 Å². The van der Waals surface area contributed by atoms with Crippen LogP contribution in [0.5, 0.6) is 0 Å². The van der Waals surface area contributed by atoms with Gasteiger partial charge in [0, 0.05) is 6.04 Å². The maximum atomic E-state index is 12.0. The van der Waals surface area contributed by atoms with E-state index in [1.54, 1.807) is 0 Å². The van der Waals surface area contributed by atoms with Crippen LogP contribution in [-0.2, 0) is 11.2 Å². The van der Waals surface area contributed by atoms with Crippen molar-refractivity contribution in [2.75, 3.05) is 18.4 Å². The van der Waals surface area contributed by atoms with Crippen LogP contribution in [0.1, 0.15) is 18.4 Å². The van der Waals surface area contributed by atoms with Crippen molar-refractivity contribution in [1.82, 2.24) is 25.5 Å². The summed E-state index contributed by atoms with van der Waals surface area (Å²) >= 11 is 0. The molecule has 1 saturated heterocycles. The van der Waals surface area contributed by atoms with E-state index in [0.29, 0.717) is 12.6 Å². The molecule has 1 aliphatic heterocycles. The number of hydrogen-bond acceptors (Lipinski definition) is 5. The number of amides is 1. The lowest BCUT2D eigenvalue weighted by molar-refractivity contribution is -0.117. The van der Waals surface area contributed by atoms with Gasteiger partial charge in [0.25, 0.3) is 5.95 Å². The molecule has 1 aliphatic rings. The van der Waals surface area contributed by atoms with Gasteiger partial charge < -0.3 is 0 Å². The summed E-state index contributed by atoms with van der Waals surface area (Å²) in [5.74, 6) is 0.121. The number of tetrazole rings is 1. The highest BCUT2D eigenvalue weighted by atomic mass is 16.2. The highest BCUT2D eigenvalue weighted by Crippen LogP contribution is 2.20. The van der Waals surface area contributed by atoms with Crippen molar-refractivity contribution in [1.29, 1.82) is 0 Å². The summed E-state index contributed by atoms with van der Waals surface area (Å²) < 4.78 is 0. The fourth-order valence-corrected chi connectivity index (χ4v) is 2.78. The minimum atomic E-state index is -0.101. The van der Waals surface area contributed by atoms with Crippen molar-refractivity contribution in [2.45, 2.75) is 25.3 Å². The van der Waals surface area contributed by atoms with Gasteiger partial charge in [-0.25, -0.2) is 0 Å². The number of carbonyl (C=O) groups is 1. The molecule has 1 aromatic carbocycles. The number of likely N-dealkylation sites (tertiary alicyclic amines) is 1. The number of carbonyl (C=O) groups excluding carboxylic acids is 1. The lowest BCUT2D eigenvalue weighted by Gasteiger charge is -2.23. The lowest BCUT2D eigenvalue weighted by Crippen LogP contribution is -2.38. The monoisotopic (exact) mass is 286 g/mol. The van der Waals surface area contributed by atoms with Crippen molar-refractivity contribution in [3.63, 3.8) is 0 Å². The fourth-order valence-electron chi connectivity index (χ4n) is 2.78. The number of rotatable bonds is 5. The molecule has 1 amide bonds. The normalized spacial score (nSPS) is 18.8. The molecule has 21 heavy (non-hydrogen) atoms. The number of anilines is 1. The predicted octanol–water partition coefficient (Wildman–Crippen LogP) is 0.845. The van der Waals surface area contributed by atoms with Crippen LogP contribution in [0.2, 0.25) is 0 Å². The number of aromatic amines is 1. The molecule has 0 bridgehead atoms. The highest BCUT2D eigenvalue weighted by Gasteiger charge is 2.26. The smallest absolute Gasteiger partial charge is 0.269 e. The third kappa shape index (κ3) is 3.63. The number of nitrogens with one attached hydrogen (secondary N) is 2. The molecule has 1 atom stereocenters. The molecule has 2 N–H and O–H groups in total. The number of nitrogens with zero attached hydrogens (tertiary/aromatic N) is 4. The Hall–Kier alpha value is -2.28. The second kappa shape index (κ2) is 6.45. The van der Waals surface area contributed by atoms with Crippen LogP contribution in [0.15, 0.2) is 30.3 Å². The van der Waals surface area contributed by atoms with Crippen molar-refractivity contribution < 1.29 is 4.79 Å². The van der Waals surface area contributed by atoms with Gasteiger partial charge in [0.2, 0.25) is 5.91 Å². The van der Waals surface area contributed by atoms with E-state index in [9.17, 15) is 4.79 Å². The number of benzene rings is 1. The first kappa shape index (κ1) is 13.7. The van der Waals surface area contributed by atoms with Gasteiger partial charge >= 0.3 is 0 Å². The van der Waals surface area contributed by atoms with Gasteiger partial charge in [0.05, 0.1) is 6.54 Å². The maximum Gasteiger partial charge on any atom is 0.269 e. The van der Waals surface area contributed by atoms with Gasteiger partial charge in [-0.05, 0) is 36.6 Å². The summed E-state index contributed by atoms with van der Waals surface area (Å²) in [5.41, 5.74) is 1.31. The van der Waals surface area contributed by atoms with Crippen LogP contribution in [0.25, 0.3) is 0 Å². The minimum Gasteiger partial charge on any atom is -0.291 e. The Kier molecular flexibility index (Phi) is 4.20.